The Morgan fingerprint density at radius 3 is 3.05 bits per heavy atom. The summed E-state index contributed by atoms with van der Waals surface area (Å²) in [7, 11) is 0. The van der Waals surface area contributed by atoms with Crippen molar-refractivity contribution >= 4 is 17.8 Å². The maximum atomic E-state index is 12.2. The predicted octanol–water partition coefficient (Wildman–Crippen LogP) is 1.80. The molecule has 3 aromatic rings. The maximum absolute atomic E-state index is 12.2. The Kier molecular flexibility index (Phi) is 3.42. The first-order valence-electron chi connectivity index (χ1n) is 6.43. The van der Waals surface area contributed by atoms with Crippen molar-refractivity contribution in [2.75, 3.05) is 0 Å². The summed E-state index contributed by atoms with van der Waals surface area (Å²) in [6.07, 6.45) is 6.69. The van der Waals surface area contributed by atoms with Crippen LogP contribution in [0.5, 0.6) is 0 Å². The fourth-order valence-electron chi connectivity index (χ4n) is 2.06. The topological polar surface area (TPSA) is 71.7 Å². The third-order valence-electron chi connectivity index (χ3n) is 2.98. The van der Waals surface area contributed by atoms with Crippen molar-refractivity contribution in [2.45, 2.75) is 6.92 Å². The van der Waals surface area contributed by atoms with Gasteiger partial charge >= 0.3 is 0 Å². The summed E-state index contributed by atoms with van der Waals surface area (Å²) < 4.78 is 1.74. The van der Waals surface area contributed by atoms with Gasteiger partial charge in [0.1, 0.15) is 11.3 Å². The summed E-state index contributed by atoms with van der Waals surface area (Å²) in [6, 6.07) is 9.23. The molecule has 6 nitrogen and oxygen atoms in total. The van der Waals surface area contributed by atoms with Gasteiger partial charge in [0.05, 0.1) is 11.9 Å². The minimum atomic E-state index is -0.300. The number of nitrogens with one attached hydrogen (secondary N) is 1. The van der Waals surface area contributed by atoms with Crippen LogP contribution < -0.4 is 5.43 Å². The molecule has 0 atom stereocenters. The molecule has 0 saturated heterocycles. The number of imidazole rings is 1. The fourth-order valence-corrected chi connectivity index (χ4v) is 2.06. The SMILES string of the molecule is Cc1nc2ccccn2c1C(=O)N/N=C\c1cccnc1. The van der Waals surface area contributed by atoms with Crippen LogP contribution in [0.2, 0.25) is 0 Å². The van der Waals surface area contributed by atoms with Crippen molar-refractivity contribution in [3.8, 4) is 0 Å². The highest BCUT2D eigenvalue weighted by atomic mass is 16.2. The highest BCUT2D eigenvalue weighted by molar-refractivity contribution is 5.95. The second-order valence-corrected chi connectivity index (χ2v) is 4.46. The third-order valence-corrected chi connectivity index (χ3v) is 2.98. The van der Waals surface area contributed by atoms with Gasteiger partial charge in [-0.1, -0.05) is 12.1 Å². The Morgan fingerprint density at radius 2 is 2.24 bits per heavy atom. The molecule has 0 fully saturated rings. The van der Waals surface area contributed by atoms with Gasteiger partial charge in [0.15, 0.2) is 0 Å². The number of hydrazone groups is 1. The number of aryl methyl sites for hydroxylation is 1. The van der Waals surface area contributed by atoms with E-state index in [9.17, 15) is 4.79 Å². The highest BCUT2D eigenvalue weighted by Gasteiger charge is 2.15. The van der Waals surface area contributed by atoms with E-state index in [0.717, 1.165) is 11.2 Å². The first kappa shape index (κ1) is 13.0. The molecule has 0 aromatic carbocycles. The average Bonchev–Trinajstić information content (AvgIpc) is 2.84. The van der Waals surface area contributed by atoms with Gasteiger partial charge in [0.2, 0.25) is 0 Å². The monoisotopic (exact) mass is 279 g/mol. The summed E-state index contributed by atoms with van der Waals surface area (Å²) in [4.78, 5) is 20.5. The minimum absolute atomic E-state index is 0.300. The zero-order valence-electron chi connectivity index (χ0n) is 11.4. The third kappa shape index (κ3) is 2.64. The van der Waals surface area contributed by atoms with Crippen molar-refractivity contribution in [2.24, 2.45) is 5.10 Å². The minimum Gasteiger partial charge on any atom is -0.295 e. The molecule has 1 amide bonds. The number of rotatable bonds is 3. The van der Waals surface area contributed by atoms with Gasteiger partial charge in [-0.2, -0.15) is 5.10 Å². The summed E-state index contributed by atoms with van der Waals surface area (Å²) in [5.74, 6) is -0.300. The number of aromatic nitrogens is 3. The van der Waals surface area contributed by atoms with Gasteiger partial charge in [0.25, 0.3) is 5.91 Å². The predicted molar refractivity (Wildman–Crippen MR) is 79.2 cm³/mol. The highest BCUT2D eigenvalue weighted by Crippen LogP contribution is 2.11. The summed E-state index contributed by atoms with van der Waals surface area (Å²) in [5.41, 5.74) is 5.20. The van der Waals surface area contributed by atoms with E-state index in [1.54, 1.807) is 42.2 Å². The molecule has 0 aliphatic carbocycles. The number of nitrogens with zero attached hydrogens (tertiary/aromatic N) is 4. The lowest BCUT2D eigenvalue weighted by molar-refractivity contribution is 0.0948. The standard InChI is InChI=1S/C15H13N5O/c1-11-14(20-8-3-2-6-13(20)18-11)15(21)19-17-10-12-5-4-7-16-9-12/h2-10H,1H3,(H,19,21)/b17-10-. The molecule has 0 radical (unpaired) electrons. The average molecular weight is 279 g/mol. The Labute approximate surface area is 121 Å². The number of pyridine rings is 2. The quantitative estimate of drug-likeness (QED) is 0.587. The van der Waals surface area contributed by atoms with E-state index in [1.165, 1.54) is 0 Å². The zero-order chi connectivity index (χ0) is 14.7. The molecule has 6 heteroatoms. The van der Waals surface area contributed by atoms with Gasteiger partial charge in [-0.3, -0.25) is 14.2 Å². The number of fused-ring (bicyclic) bond motifs is 1. The Hall–Kier alpha value is -3.02. The van der Waals surface area contributed by atoms with E-state index in [1.807, 2.05) is 24.3 Å². The Bertz CT molecular complexity index is 807. The molecule has 3 heterocycles. The van der Waals surface area contributed by atoms with Gasteiger partial charge < -0.3 is 0 Å². The first-order chi connectivity index (χ1) is 10.3. The van der Waals surface area contributed by atoms with Gasteiger partial charge in [-0.25, -0.2) is 10.4 Å². The van der Waals surface area contributed by atoms with Crippen molar-refractivity contribution in [1.82, 2.24) is 19.8 Å². The van der Waals surface area contributed by atoms with E-state index < -0.39 is 0 Å². The molecular formula is C15H13N5O. The molecule has 0 aliphatic heterocycles. The van der Waals surface area contributed by atoms with Crippen LogP contribution in [0.4, 0.5) is 0 Å². The number of carbonyl (C=O) groups is 1. The van der Waals surface area contributed by atoms with Crippen LogP contribution in [-0.4, -0.2) is 26.5 Å². The molecule has 1 N–H and O–H groups in total. The van der Waals surface area contributed by atoms with E-state index in [-0.39, 0.29) is 5.91 Å². The Morgan fingerprint density at radius 1 is 1.33 bits per heavy atom. The largest absolute Gasteiger partial charge is 0.295 e. The normalized spacial score (nSPS) is 11.1. The second kappa shape index (κ2) is 5.54. The lowest BCUT2D eigenvalue weighted by Crippen LogP contribution is -2.20. The van der Waals surface area contributed by atoms with Crippen molar-refractivity contribution in [3.63, 3.8) is 0 Å². The van der Waals surface area contributed by atoms with E-state index >= 15 is 0 Å². The molecule has 0 saturated carbocycles. The lowest BCUT2D eigenvalue weighted by atomic mass is 10.3. The number of hydrogen-bond donors (Lipinski definition) is 1. The van der Waals surface area contributed by atoms with Crippen LogP contribution in [0.1, 0.15) is 21.7 Å². The van der Waals surface area contributed by atoms with Crippen LogP contribution in [-0.2, 0) is 0 Å². The summed E-state index contributed by atoms with van der Waals surface area (Å²) in [6.45, 7) is 1.80. The summed E-state index contributed by atoms with van der Waals surface area (Å²) in [5, 5.41) is 3.94. The molecule has 0 bridgehead atoms. The molecule has 0 aliphatic rings. The van der Waals surface area contributed by atoms with Crippen LogP contribution in [0.25, 0.3) is 5.65 Å². The smallest absolute Gasteiger partial charge is 0.290 e. The van der Waals surface area contributed by atoms with Crippen LogP contribution in [0.15, 0.2) is 54.0 Å². The zero-order valence-corrected chi connectivity index (χ0v) is 11.4. The fraction of sp³-hybridized carbons (Fsp3) is 0.0667. The van der Waals surface area contributed by atoms with Crippen molar-refractivity contribution < 1.29 is 4.79 Å². The van der Waals surface area contributed by atoms with E-state index in [2.05, 4.69) is 20.5 Å². The molecule has 3 aromatic heterocycles. The number of amides is 1. The van der Waals surface area contributed by atoms with Gasteiger partial charge in [-0.05, 0) is 25.1 Å². The first-order valence-corrected chi connectivity index (χ1v) is 6.43. The van der Waals surface area contributed by atoms with Crippen molar-refractivity contribution in [1.29, 1.82) is 0 Å². The molecular weight excluding hydrogens is 266 g/mol. The maximum Gasteiger partial charge on any atom is 0.290 e. The molecule has 3 rings (SSSR count). The van der Waals surface area contributed by atoms with E-state index in [0.29, 0.717) is 11.4 Å². The summed E-state index contributed by atoms with van der Waals surface area (Å²) >= 11 is 0. The van der Waals surface area contributed by atoms with Gasteiger partial charge in [-0.15, -0.1) is 0 Å². The molecule has 21 heavy (non-hydrogen) atoms. The van der Waals surface area contributed by atoms with Crippen LogP contribution in [0, 0.1) is 6.92 Å². The van der Waals surface area contributed by atoms with Gasteiger partial charge in [0, 0.05) is 24.2 Å². The lowest BCUT2D eigenvalue weighted by Gasteiger charge is -2.01. The number of carbonyl (C=O) groups excluding carboxylic acids is 1. The molecule has 104 valence electrons. The molecule has 0 unspecified atom stereocenters. The van der Waals surface area contributed by atoms with Crippen molar-refractivity contribution in [3.05, 3.63) is 65.9 Å². The number of hydrogen-bond acceptors (Lipinski definition) is 4. The van der Waals surface area contributed by atoms with E-state index in [4.69, 9.17) is 0 Å². The van der Waals surface area contributed by atoms with Crippen LogP contribution in [0.3, 0.4) is 0 Å². The Balaban J connectivity index is 1.82. The van der Waals surface area contributed by atoms with Crippen LogP contribution >= 0.6 is 0 Å². The second-order valence-electron chi connectivity index (χ2n) is 4.46. The molecule has 0 spiro atoms.